The smallest absolute Gasteiger partial charge is 0.234 e. The van der Waals surface area contributed by atoms with E-state index >= 15 is 0 Å². The Balaban J connectivity index is 1.46. The van der Waals surface area contributed by atoms with E-state index in [0.29, 0.717) is 23.0 Å². The molecule has 3 rings (SSSR count). The van der Waals surface area contributed by atoms with Gasteiger partial charge in [0.15, 0.2) is 4.34 Å². The molecule has 0 saturated carbocycles. The first kappa shape index (κ1) is 22.8. The molecule has 0 bridgehead atoms. The third kappa shape index (κ3) is 7.11. The lowest BCUT2D eigenvalue weighted by molar-refractivity contribution is -0.116. The topological polar surface area (TPSA) is 80.3 Å². The maximum absolute atomic E-state index is 12.3. The number of thioether (sulfide) groups is 1. The van der Waals surface area contributed by atoms with Crippen molar-refractivity contribution in [1.82, 2.24) is 4.98 Å². The van der Waals surface area contributed by atoms with Gasteiger partial charge in [-0.1, -0.05) is 43.8 Å². The zero-order valence-electron chi connectivity index (χ0n) is 17.7. The molecule has 1 aromatic heterocycles. The van der Waals surface area contributed by atoms with E-state index in [9.17, 15) is 9.59 Å². The zero-order valence-corrected chi connectivity index (χ0v) is 19.3. The third-order valence-corrected chi connectivity index (χ3v) is 6.48. The van der Waals surface area contributed by atoms with Crippen molar-refractivity contribution >= 4 is 46.3 Å². The number of aromatic nitrogens is 1. The van der Waals surface area contributed by atoms with Gasteiger partial charge >= 0.3 is 0 Å². The van der Waals surface area contributed by atoms with E-state index in [1.165, 1.54) is 28.7 Å². The fourth-order valence-corrected chi connectivity index (χ4v) is 4.43. The van der Waals surface area contributed by atoms with E-state index < -0.39 is 0 Å². The maximum atomic E-state index is 12.3. The number of hydrogen-bond donors (Lipinski definition) is 2. The molecule has 0 aliphatic rings. The van der Waals surface area contributed by atoms with Crippen LogP contribution >= 0.6 is 23.1 Å². The molecular weight excluding hydrogens is 430 g/mol. The van der Waals surface area contributed by atoms with Crippen LogP contribution in [-0.2, 0) is 16.0 Å². The summed E-state index contributed by atoms with van der Waals surface area (Å²) < 4.78 is 5.91. The molecule has 0 spiro atoms. The minimum absolute atomic E-state index is 0.116. The van der Waals surface area contributed by atoms with Crippen LogP contribution in [0.2, 0.25) is 0 Å². The summed E-state index contributed by atoms with van der Waals surface area (Å²) in [6, 6.07) is 15.1. The van der Waals surface area contributed by atoms with E-state index in [2.05, 4.69) is 29.5 Å². The highest BCUT2D eigenvalue weighted by Gasteiger charge is 2.11. The zero-order chi connectivity index (χ0) is 22.2. The molecule has 0 aliphatic heterocycles. The van der Waals surface area contributed by atoms with Gasteiger partial charge in [-0.2, -0.15) is 0 Å². The Morgan fingerprint density at radius 3 is 2.52 bits per heavy atom. The van der Waals surface area contributed by atoms with Crippen molar-refractivity contribution in [3.8, 4) is 5.75 Å². The van der Waals surface area contributed by atoms with Crippen molar-refractivity contribution in [2.75, 3.05) is 23.5 Å². The maximum Gasteiger partial charge on any atom is 0.234 e. The molecule has 0 saturated heterocycles. The van der Waals surface area contributed by atoms with Crippen LogP contribution in [0, 0.1) is 0 Å². The standard InChI is InChI=1S/C23H25N3O3S2/c1-15(2)16-7-9-17(10-8-16)24-21(27)12-19-13-30-23(26-19)31-14-22(28)25-18-5-4-6-20(11-18)29-3/h4-11,13,15H,12,14H2,1-3H3,(H,24,27)(H,25,28). The first-order chi connectivity index (χ1) is 14.9. The molecule has 0 unspecified atom stereocenters. The highest BCUT2D eigenvalue weighted by Crippen LogP contribution is 2.24. The molecule has 3 aromatic rings. The molecule has 0 aliphatic carbocycles. The van der Waals surface area contributed by atoms with Gasteiger partial charge in [-0.25, -0.2) is 4.98 Å². The highest BCUT2D eigenvalue weighted by atomic mass is 32.2. The average molecular weight is 456 g/mol. The molecule has 2 aromatic carbocycles. The Labute approximate surface area is 190 Å². The number of amides is 2. The van der Waals surface area contributed by atoms with E-state index in [4.69, 9.17) is 4.74 Å². The molecule has 1 heterocycles. The number of rotatable bonds is 9. The molecule has 2 N–H and O–H groups in total. The van der Waals surface area contributed by atoms with Crippen LogP contribution in [0.5, 0.6) is 5.75 Å². The number of benzene rings is 2. The summed E-state index contributed by atoms with van der Waals surface area (Å²) in [5.41, 5.74) is 3.38. The largest absolute Gasteiger partial charge is 0.497 e. The number of anilines is 2. The quantitative estimate of drug-likeness (QED) is 0.434. The number of carbonyl (C=O) groups excluding carboxylic acids is 2. The van der Waals surface area contributed by atoms with Gasteiger partial charge in [0.1, 0.15) is 5.75 Å². The van der Waals surface area contributed by atoms with Crippen LogP contribution in [0.3, 0.4) is 0 Å². The normalized spacial score (nSPS) is 10.7. The van der Waals surface area contributed by atoms with Gasteiger partial charge in [-0.15, -0.1) is 11.3 Å². The highest BCUT2D eigenvalue weighted by molar-refractivity contribution is 8.01. The van der Waals surface area contributed by atoms with Crippen molar-refractivity contribution in [1.29, 1.82) is 0 Å². The van der Waals surface area contributed by atoms with Crippen molar-refractivity contribution in [3.05, 3.63) is 65.2 Å². The van der Waals surface area contributed by atoms with Crippen molar-refractivity contribution in [3.63, 3.8) is 0 Å². The Kier molecular flexibility index (Phi) is 8.08. The van der Waals surface area contributed by atoms with Gasteiger partial charge in [-0.3, -0.25) is 9.59 Å². The molecular formula is C23H25N3O3S2. The number of thiazole rings is 1. The van der Waals surface area contributed by atoms with Gasteiger partial charge in [-0.05, 0) is 35.7 Å². The lowest BCUT2D eigenvalue weighted by Crippen LogP contribution is -2.15. The van der Waals surface area contributed by atoms with E-state index in [0.717, 1.165) is 10.0 Å². The second kappa shape index (κ2) is 11.0. The van der Waals surface area contributed by atoms with Gasteiger partial charge in [0.25, 0.3) is 0 Å². The third-order valence-electron chi connectivity index (χ3n) is 4.41. The lowest BCUT2D eigenvalue weighted by Gasteiger charge is -2.08. The number of carbonyl (C=O) groups is 2. The fourth-order valence-electron chi connectivity index (χ4n) is 2.78. The summed E-state index contributed by atoms with van der Waals surface area (Å²) in [6.45, 7) is 4.27. The number of ether oxygens (including phenoxy) is 1. The minimum atomic E-state index is -0.127. The number of hydrogen-bond acceptors (Lipinski definition) is 6. The number of methoxy groups -OCH3 is 1. The molecule has 0 radical (unpaired) electrons. The Morgan fingerprint density at radius 2 is 1.81 bits per heavy atom. The van der Waals surface area contributed by atoms with Crippen LogP contribution in [0.1, 0.15) is 31.0 Å². The molecule has 162 valence electrons. The molecule has 2 amide bonds. The van der Waals surface area contributed by atoms with Gasteiger partial charge < -0.3 is 15.4 Å². The Bertz CT molecular complexity index is 1030. The van der Waals surface area contributed by atoms with E-state index in [1.54, 1.807) is 13.2 Å². The van der Waals surface area contributed by atoms with Gasteiger partial charge in [0.05, 0.1) is 25.0 Å². The first-order valence-electron chi connectivity index (χ1n) is 9.84. The molecule has 0 atom stereocenters. The Hall–Kier alpha value is -2.84. The SMILES string of the molecule is COc1cccc(NC(=O)CSc2nc(CC(=O)Nc3ccc(C(C)C)cc3)cs2)c1. The lowest BCUT2D eigenvalue weighted by atomic mass is 10.0. The van der Waals surface area contributed by atoms with Crippen molar-refractivity contribution in [2.45, 2.75) is 30.5 Å². The molecule has 6 nitrogen and oxygen atoms in total. The first-order valence-corrected chi connectivity index (χ1v) is 11.7. The van der Waals surface area contributed by atoms with E-state index in [-0.39, 0.29) is 24.0 Å². The molecule has 8 heteroatoms. The van der Waals surface area contributed by atoms with Crippen LogP contribution in [0.4, 0.5) is 11.4 Å². The predicted molar refractivity (Wildman–Crippen MR) is 127 cm³/mol. The van der Waals surface area contributed by atoms with Crippen molar-refractivity contribution in [2.24, 2.45) is 0 Å². The van der Waals surface area contributed by atoms with Crippen LogP contribution < -0.4 is 15.4 Å². The van der Waals surface area contributed by atoms with Crippen LogP contribution in [-0.4, -0.2) is 29.7 Å². The monoisotopic (exact) mass is 455 g/mol. The summed E-state index contributed by atoms with van der Waals surface area (Å²) in [6.07, 6.45) is 0.193. The summed E-state index contributed by atoms with van der Waals surface area (Å²) in [5.74, 6) is 1.13. The average Bonchev–Trinajstić information content (AvgIpc) is 3.20. The van der Waals surface area contributed by atoms with Gasteiger partial charge in [0, 0.05) is 22.8 Å². The van der Waals surface area contributed by atoms with Gasteiger partial charge in [0.2, 0.25) is 11.8 Å². The minimum Gasteiger partial charge on any atom is -0.497 e. The summed E-state index contributed by atoms with van der Waals surface area (Å²) >= 11 is 2.78. The summed E-state index contributed by atoms with van der Waals surface area (Å²) in [7, 11) is 1.58. The predicted octanol–water partition coefficient (Wildman–Crippen LogP) is 5.19. The second-order valence-corrected chi connectivity index (χ2v) is 9.26. The van der Waals surface area contributed by atoms with Crippen LogP contribution in [0.15, 0.2) is 58.3 Å². The van der Waals surface area contributed by atoms with Crippen LogP contribution in [0.25, 0.3) is 0 Å². The molecule has 0 fully saturated rings. The summed E-state index contributed by atoms with van der Waals surface area (Å²) in [4.78, 5) is 28.9. The van der Waals surface area contributed by atoms with Crippen molar-refractivity contribution < 1.29 is 14.3 Å². The molecule has 31 heavy (non-hydrogen) atoms. The van der Waals surface area contributed by atoms with E-state index in [1.807, 2.05) is 47.8 Å². The second-order valence-electron chi connectivity index (χ2n) is 7.18. The Morgan fingerprint density at radius 1 is 1.06 bits per heavy atom. The number of nitrogens with zero attached hydrogens (tertiary/aromatic N) is 1. The summed E-state index contributed by atoms with van der Waals surface area (Å²) in [5, 5.41) is 7.59. The fraction of sp³-hybridized carbons (Fsp3) is 0.261. The number of nitrogens with one attached hydrogen (secondary N) is 2.